The van der Waals surface area contributed by atoms with Gasteiger partial charge < -0.3 is 28.4 Å². The molecular formula is C33H34O10. The maximum absolute atomic E-state index is 13.5. The lowest BCUT2D eigenvalue weighted by molar-refractivity contribution is -0.354. The number of hydrogen-bond donors (Lipinski definition) is 0. The molecule has 0 saturated carbocycles. The molecule has 1 fully saturated rings. The predicted octanol–water partition coefficient (Wildman–Crippen LogP) is 4.13. The first-order valence-corrected chi connectivity index (χ1v) is 13.7. The first kappa shape index (κ1) is 31.4. The third-order valence-corrected chi connectivity index (χ3v) is 7.12. The van der Waals surface area contributed by atoms with E-state index in [0.29, 0.717) is 16.9 Å². The topological polar surface area (TPSA) is 124 Å². The smallest absolute Gasteiger partial charge is 0.303 e. The van der Waals surface area contributed by atoms with Crippen LogP contribution in [0.15, 0.2) is 91.0 Å². The molecule has 10 nitrogen and oxygen atoms in total. The Morgan fingerprint density at radius 1 is 0.651 bits per heavy atom. The average Bonchev–Trinajstić information content (AvgIpc) is 2.98. The number of benzene rings is 3. The largest absolute Gasteiger partial charge is 0.475 e. The van der Waals surface area contributed by atoms with Gasteiger partial charge in [0, 0.05) is 45.9 Å². The van der Waals surface area contributed by atoms with Crippen molar-refractivity contribution in [3.63, 3.8) is 0 Å². The maximum atomic E-state index is 13.5. The SMILES string of the molecule is CO[C@@]1(C(C)=O)O[C@H](C(Oc2ccccc2)(c2ccccc2)c2ccccc2)[C@@H](OC(C)=O)[C@H](OC(C)=O)[C@H]1OC(C)=O. The highest BCUT2D eigenvalue weighted by molar-refractivity contribution is 5.85. The molecule has 0 unspecified atom stereocenters. The quantitative estimate of drug-likeness (QED) is 0.251. The van der Waals surface area contributed by atoms with E-state index >= 15 is 0 Å². The fourth-order valence-corrected chi connectivity index (χ4v) is 5.47. The summed E-state index contributed by atoms with van der Waals surface area (Å²) in [4.78, 5) is 51.0. The van der Waals surface area contributed by atoms with Crippen LogP contribution < -0.4 is 4.74 Å². The molecule has 0 N–H and O–H groups in total. The summed E-state index contributed by atoms with van der Waals surface area (Å²) in [5, 5.41) is 0. The third kappa shape index (κ3) is 6.30. The normalized spacial score (nSPS) is 23.5. The van der Waals surface area contributed by atoms with E-state index in [-0.39, 0.29) is 0 Å². The molecule has 1 aliphatic heterocycles. The van der Waals surface area contributed by atoms with Crippen molar-refractivity contribution < 1.29 is 47.6 Å². The number of ether oxygens (including phenoxy) is 6. The van der Waals surface area contributed by atoms with E-state index in [0.717, 1.165) is 13.8 Å². The molecular weight excluding hydrogens is 556 g/mol. The number of para-hydroxylation sites is 1. The molecule has 0 aromatic heterocycles. The van der Waals surface area contributed by atoms with Gasteiger partial charge in [0.1, 0.15) is 5.75 Å². The lowest BCUT2D eigenvalue weighted by Gasteiger charge is -2.54. The van der Waals surface area contributed by atoms with Gasteiger partial charge in [-0.05, 0) is 12.1 Å². The fraction of sp³-hybridized carbons (Fsp3) is 0.333. The molecule has 10 heteroatoms. The van der Waals surface area contributed by atoms with Crippen LogP contribution in [0.2, 0.25) is 0 Å². The number of Topliss-reactive ketones (excluding diaryl/α,β-unsaturated/α-hetero) is 1. The second kappa shape index (κ2) is 13.2. The molecule has 0 amide bonds. The van der Waals surface area contributed by atoms with Crippen LogP contribution in [0.5, 0.6) is 5.75 Å². The minimum atomic E-state index is -2.30. The van der Waals surface area contributed by atoms with Crippen molar-refractivity contribution in [3.8, 4) is 5.75 Å². The first-order chi connectivity index (χ1) is 20.5. The van der Waals surface area contributed by atoms with Crippen molar-refractivity contribution in [3.05, 3.63) is 102 Å². The summed E-state index contributed by atoms with van der Waals surface area (Å²) in [6.07, 6.45) is -6.11. The molecule has 3 aromatic rings. The number of ketones is 1. The molecule has 0 spiro atoms. The number of carbonyl (C=O) groups is 4. The fourth-order valence-electron chi connectivity index (χ4n) is 5.47. The zero-order valence-corrected chi connectivity index (χ0v) is 24.6. The third-order valence-electron chi connectivity index (χ3n) is 7.12. The van der Waals surface area contributed by atoms with Gasteiger partial charge in [-0.25, -0.2) is 0 Å². The number of esters is 3. The number of carbonyl (C=O) groups excluding carboxylic acids is 4. The molecule has 226 valence electrons. The van der Waals surface area contributed by atoms with Gasteiger partial charge in [0.2, 0.25) is 6.10 Å². The summed E-state index contributed by atoms with van der Waals surface area (Å²) in [5.41, 5.74) is -0.565. The first-order valence-electron chi connectivity index (χ1n) is 13.7. The van der Waals surface area contributed by atoms with Crippen LogP contribution in [0.4, 0.5) is 0 Å². The van der Waals surface area contributed by atoms with E-state index in [1.54, 1.807) is 72.8 Å². The predicted molar refractivity (Wildman–Crippen MR) is 153 cm³/mol. The summed E-state index contributed by atoms with van der Waals surface area (Å²) < 4.78 is 36.4. The van der Waals surface area contributed by atoms with Crippen LogP contribution in [-0.2, 0) is 48.5 Å². The highest BCUT2D eigenvalue weighted by Gasteiger charge is 2.68. The Hall–Kier alpha value is -4.54. The number of hydrogen-bond acceptors (Lipinski definition) is 10. The Bertz CT molecular complexity index is 1390. The van der Waals surface area contributed by atoms with Gasteiger partial charge in [-0.2, -0.15) is 0 Å². The van der Waals surface area contributed by atoms with E-state index in [1.165, 1.54) is 21.0 Å². The van der Waals surface area contributed by atoms with Gasteiger partial charge in [-0.1, -0.05) is 78.9 Å². The van der Waals surface area contributed by atoms with Crippen molar-refractivity contribution in [2.75, 3.05) is 7.11 Å². The second-order valence-electron chi connectivity index (χ2n) is 10.0. The van der Waals surface area contributed by atoms with E-state index in [2.05, 4.69) is 0 Å². The van der Waals surface area contributed by atoms with Gasteiger partial charge in [0.15, 0.2) is 29.7 Å². The van der Waals surface area contributed by atoms with Crippen molar-refractivity contribution in [2.24, 2.45) is 0 Å². The Balaban J connectivity index is 2.12. The summed E-state index contributed by atoms with van der Waals surface area (Å²) >= 11 is 0. The van der Waals surface area contributed by atoms with Crippen molar-refractivity contribution in [2.45, 2.75) is 63.5 Å². The van der Waals surface area contributed by atoms with Crippen molar-refractivity contribution in [1.29, 1.82) is 0 Å². The minimum absolute atomic E-state index is 0.414. The second-order valence-corrected chi connectivity index (χ2v) is 10.0. The molecule has 4 rings (SSSR count). The molecule has 0 radical (unpaired) electrons. The van der Waals surface area contributed by atoms with Gasteiger partial charge in [-0.3, -0.25) is 19.2 Å². The van der Waals surface area contributed by atoms with Gasteiger partial charge in [0.25, 0.3) is 5.79 Å². The molecule has 1 aliphatic rings. The summed E-state index contributed by atoms with van der Waals surface area (Å²) in [6, 6.07) is 26.9. The van der Waals surface area contributed by atoms with E-state index in [1.807, 2.05) is 18.2 Å². The molecule has 1 saturated heterocycles. The molecule has 1 heterocycles. The van der Waals surface area contributed by atoms with Gasteiger partial charge >= 0.3 is 17.9 Å². The van der Waals surface area contributed by atoms with Gasteiger partial charge in [0.05, 0.1) is 0 Å². The number of methoxy groups -OCH3 is 1. The zero-order valence-electron chi connectivity index (χ0n) is 24.6. The van der Waals surface area contributed by atoms with Gasteiger partial charge in [-0.15, -0.1) is 0 Å². The van der Waals surface area contributed by atoms with Crippen LogP contribution in [0.1, 0.15) is 38.8 Å². The van der Waals surface area contributed by atoms with Crippen LogP contribution in [0.3, 0.4) is 0 Å². The molecule has 0 aliphatic carbocycles. The lowest BCUT2D eigenvalue weighted by Crippen LogP contribution is -2.74. The Morgan fingerprint density at radius 2 is 1.09 bits per heavy atom. The molecule has 43 heavy (non-hydrogen) atoms. The Labute approximate surface area is 249 Å². The van der Waals surface area contributed by atoms with Crippen LogP contribution in [-0.4, -0.2) is 61.0 Å². The monoisotopic (exact) mass is 590 g/mol. The molecule has 3 aromatic carbocycles. The molecule has 5 atom stereocenters. The molecule has 0 bridgehead atoms. The van der Waals surface area contributed by atoms with Crippen molar-refractivity contribution in [1.82, 2.24) is 0 Å². The van der Waals surface area contributed by atoms with E-state index in [4.69, 9.17) is 28.4 Å². The average molecular weight is 591 g/mol. The Morgan fingerprint density at radius 3 is 1.51 bits per heavy atom. The highest BCUT2D eigenvalue weighted by atomic mass is 16.8. The lowest BCUT2D eigenvalue weighted by atomic mass is 9.74. The number of rotatable bonds is 10. The van der Waals surface area contributed by atoms with Crippen LogP contribution in [0.25, 0.3) is 0 Å². The minimum Gasteiger partial charge on any atom is -0.475 e. The summed E-state index contributed by atoms with van der Waals surface area (Å²) in [5.74, 6) is -4.94. The maximum Gasteiger partial charge on any atom is 0.303 e. The van der Waals surface area contributed by atoms with Crippen LogP contribution in [0, 0.1) is 0 Å². The van der Waals surface area contributed by atoms with E-state index in [9.17, 15) is 19.2 Å². The highest BCUT2D eigenvalue weighted by Crippen LogP contribution is 2.48. The zero-order chi connectivity index (χ0) is 31.2. The van der Waals surface area contributed by atoms with E-state index < -0.39 is 59.5 Å². The van der Waals surface area contributed by atoms with Crippen molar-refractivity contribution >= 4 is 23.7 Å². The summed E-state index contributed by atoms with van der Waals surface area (Å²) in [6.45, 7) is 4.63. The summed E-state index contributed by atoms with van der Waals surface area (Å²) in [7, 11) is 1.21. The Kier molecular flexibility index (Phi) is 9.63. The standard InChI is InChI=1S/C33H34O10/c1-21(34)33(38-5)31(41-24(4)37)29(40-23(3)36)28(39-22(2)35)30(43-33)32(25-15-9-6-10-16-25,26-17-11-7-12-18-26)42-27-19-13-8-14-20-27/h6-20,28-31H,1-5H3/t28-,29-,30-,31+,33-/m0/s1. The van der Waals surface area contributed by atoms with Crippen LogP contribution >= 0.6 is 0 Å².